The first kappa shape index (κ1) is 9.22. The molecule has 3 nitrogen and oxygen atoms in total. The lowest BCUT2D eigenvalue weighted by Crippen LogP contribution is -2.14. The molecule has 0 spiro atoms. The van der Waals surface area contributed by atoms with Gasteiger partial charge in [0.25, 0.3) is 0 Å². The first-order valence-corrected chi connectivity index (χ1v) is 4.64. The molecule has 12 heavy (non-hydrogen) atoms. The van der Waals surface area contributed by atoms with Crippen molar-refractivity contribution >= 4 is 29.0 Å². The van der Waals surface area contributed by atoms with Gasteiger partial charge in [-0.25, -0.2) is 4.21 Å². The molecule has 1 amide bonds. The van der Waals surface area contributed by atoms with E-state index in [1.54, 1.807) is 24.3 Å². The van der Waals surface area contributed by atoms with Crippen molar-refractivity contribution in [2.75, 3.05) is 0 Å². The van der Waals surface area contributed by atoms with Crippen molar-refractivity contribution in [1.29, 1.82) is 0 Å². The van der Waals surface area contributed by atoms with E-state index in [0.717, 1.165) is 0 Å². The lowest BCUT2D eigenvalue weighted by molar-refractivity contribution is -0.108. The maximum absolute atomic E-state index is 11.1. The van der Waals surface area contributed by atoms with E-state index >= 15 is 0 Å². The van der Waals surface area contributed by atoms with Crippen molar-refractivity contribution in [2.45, 2.75) is 4.90 Å². The first-order chi connectivity index (χ1) is 5.74. The number of hydrogen-bond donors (Lipinski definition) is 1. The number of hydrogen-bond acceptors (Lipinski definition) is 2. The second-order valence-corrected chi connectivity index (χ2v) is 3.64. The van der Waals surface area contributed by atoms with Gasteiger partial charge in [0.1, 0.15) is 0 Å². The number of carbonyl (C=O) groups is 1. The van der Waals surface area contributed by atoms with Crippen molar-refractivity contribution < 1.29 is 9.00 Å². The molecule has 1 rings (SSSR count). The zero-order valence-electron chi connectivity index (χ0n) is 5.99. The second kappa shape index (κ2) is 4.23. The Bertz CT molecular complexity index is 299. The van der Waals surface area contributed by atoms with Gasteiger partial charge in [0.2, 0.25) is 6.41 Å². The molecule has 1 aromatic carbocycles. The Morgan fingerprint density at radius 1 is 1.33 bits per heavy atom. The van der Waals surface area contributed by atoms with Gasteiger partial charge in [-0.05, 0) is 24.3 Å². The average Bonchev–Trinajstić information content (AvgIpc) is 2.06. The Labute approximate surface area is 77.3 Å². The third kappa shape index (κ3) is 2.32. The Kier molecular flexibility index (Phi) is 3.25. The molecule has 0 aliphatic heterocycles. The molecule has 1 N–H and O–H groups in total. The van der Waals surface area contributed by atoms with Gasteiger partial charge in [0.15, 0.2) is 11.0 Å². The molecule has 64 valence electrons. The van der Waals surface area contributed by atoms with Crippen LogP contribution in [0.2, 0.25) is 5.02 Å². The number of nitrogens with one attached hydrogen (secondary N) is 1. The monoisotopic (exact) mass is 203 g/mol. The fourth-order valence-corrected chi connectivity index (χ4v) is 1.40. The third-order valence-electron chi connectivity index (χ3n) is 1.18. The van der Waals surface area contributed by atoms with Gasteiger partial charge >= 0.3 is 0 Å². The summed E-state index contributed by atoms with van der Waals surface area (Å²) in [5.41, 5.74) is 0. The molecule has 0 saturated carbocycles. The van der Waals surface area contributed by atoms with Gasteiger partial charge in [-0.3, -0.25) is 9.52 Å². The standard InChI is InChI=1S/C7H6ClNO2S/c8-6-1-3-7(4-2-6)12(11)9-5-10/h1-5H,(H,9,10). The van der Waals surface area contributed by atoms with Gasteiger partial charge < -0.3 is 0 Å². The molecule has 0 aliphatic carbocycles. The normalized spacial score (nSPS) is 12.1. The summed E-state index contributed by atoms with van der Waals surface area (Å²) in [5, 5.41) is 0.571. The van der Waals surface area contributed by atoms with Crippen LogP contribution >= 0.6 is 11.6 Å². The van der Waals surface area contributed by atoms with Crippen LogP contribution in [0.3, 0.4) is 0 Å². The quantitative estimate of drug-likeness (QED) is 0.749. The second-order valence-electron chi connectivity index (χ2n) is 1.96. The van der Waals surface area contributed by atoms with Crippen molar-refractivity contribution in [3.05, 3.63) is 29.3 Å². The summed E-state index contributed by atoms with van der Waals surface area (Å²) in [6, 6.07) is 6.41. The number of halogens is 1. The van der Waals surface area contributed by atoms with Crippen LogP contribution < -0.4 is 4.72 Å². The van der Waals surface area contributed by atoms with Gasteiger partial charge in [-0.2, -0.15) is 0 Å². The van der Waals surface area contributed by atoms with E-state index in [2.05, 4.69) is 4.72 Å². The zero-order chi connectivity index (χ0) is 8.97. The molecule has 0 saturated heterocycles. The average molecular weight is 204 g/mol. The zero-order valence-corrected chi connectivity index (χ0v) is 7.56. The predicted molar refractivity (Wildman–Crippen MR) is 47.1 cm³/mol. The largest absolute Gasteiger partial charge is 0.278 e. The molecule has 0 radical (unpaired) electrons. The number of amides is 1. The van der Waals surface area contributed by atoms with Gasteiger partial charge in [0, 0.05) is 5.02 Å². The summed E-state index contributed by atoms with van der Waals surface area (Å²) in [6.45, 7) is 0. The fraction of sp³-hybridized carbons (Fsp3) is 0. The molecule has 0 aromatic heterocycles. The van der Waals surface area contributed by atoms with Crippen LogP contribution in [0, 0.1) is 0 Å². The summed E-state index contributed by atoms with van der Waals surface area (Å²) < 4.78 is 13.2. The topological polar surface area (TPSA) is 46.2 Å². The van der Waals surface area contributed by atoms with Crippen molar-refractivity contribution in [2.24, 2.45) is 0 Å². The highest BCUT2D eigenvalue weighted by molar-refractivity contribution is 7.83. The van der Waals surface area contributed by atoms with Crippen LogP contribution in [0.1, 0.15) is 0 Å². The van der Waals surface area contributed by atoms with E-state index in [-0.39, 0.29) is 0 Å². The summed E-state index contributed by atoms with van der Waals surface area (Å²) >= 11 is 5.60. The predicted octanol–water partition coefficient (Wildman–Crippen LogP) is 1.11. The molecular weight excluding hydrogens is 198 g/mol. The lowest BCUT2D eigenvalue weighted by atomic mass is 10.4. The molecule has 1 unspecified atom stereocenters. The van der Waals surface area contributed by atoms with E-state index in [0.29, 0.717) is 16.3 Å². The molecule has 0 bridgehead atoms. The smallest absolute Gasteiger partial charge is 0.219 e. The molecule has 5 heteroatoms. The Morgan fingerprint density at radius 3 is 2.42 bits per heavy atom. The summed E-state index contributed by atoms with van der Waals surface area (Å²) in [5.74, 6) is 0. The van der Waals surface area contributed by atoms with Crippen molar-refractivity contribution in [3.63, 3.8) is 0 Å². The van der Waals surface area contributed by atoms with Gasteiger partial charge in [0.05, 0.1) is 4.90 Å². The first-order valence-electron chi connectivity index (χ1n) is 3.11. The summed E-state index contributed by atoms with van der Waals surface area (Å²) in [6.07, 6.45) is 0.394. The highest BCUT2D eigenvalue weighted by Crippen LogP contribution is 2.11. The molecule has 1 aromatic rings. The maximum atomic E-state index is 11.1. The van der Waals surface area contributed by atoms with Crippen molar-refractivity contribution in [3.8, 4) is 0 Å². The minimum atomic E-state index is -1.47. The summed E-state index contributed by atoms with van der Waals surface area (Å²) in [7, 11) is -1.47. The molecule has 0 fully saturated rings. The highest BCUT2D eigenvalue weighted by atomic mass is 35.5. The van der Waals surface area contributed by atoms with E-state index in [9.17, 15) is 9.00 Å². The fourth-order valence-electron chi connectivity index (χ4n) is 0.670. The van der Waals surface area contributed by atoms with E-state index < -0.39 is 11.0 Å². The van der Waals surface area contributed by atoms with Crippen LogP contribution in [-0.4, -0.2) is 10.6 Å². The molecule has 0 heterocycles. The minimum absolute atomic E-state index is 0.394. The van der Waals surface area contributed by atoms with Crippen LogP contribution in [0.4, 0.5) is 0 Å². The van der Waals surface area contributed by atoms with Crippen LogP contribution in [0.15, 0.2) is 29.2 Å². The Hall–Kier alpha value is -0.870. The number of rotatable bonds is 3. The number of benzene rings is 1. The Morgan fingerprint density at radius 2 is 1.92 bits per heavy atom. The molecule has 1 atom stereocenters. The Balaban J connectivity index is 2.82. The maximum Gasteiger partial charge on any atom is 0.219 e. The summed E-state index contributed by atoms with van der Waals surface area (Å²) in [4.78, 5) is 10.4. The lowest BCUT2D eigenvalue weighted by Gasteiger charge is -1.98. The third-order valence-corrected chi connectivity index (χ3v) is 2.45. The number of carbonyl (C=O) groups excluding carboxylic acids is 1. The SMILES string of the molecule is O=CNS(=O)c1ccc(Cl)cc1. The van der Waals surface area contributed by atoms with E-state index in [1.165, 1.54) is 0 Å². The van der Waals surface area contributed by atoms with Crippen LogP contribution in [0.25, 0.3) is 0 Å². The van der Waals surface area contributed by atoms with Crippen LogP contribution in [0.5, 0.6) is 0 Å². The molecule has 0 aliphatic rings. The van der Waals surface area contributed by atoms with Gasteiger partial charge in [-0.15, -0.1) is 0 Å². The van der Waals surface area contributed by atoms with E-state index in [4.69, 9.17) is 11.6 Å². The minimum Gasteiger partial charge on any atom is -0.278 e. The van der Waals surface area contributed by atoms with Crippen LogP contribution in [-0.2, 0) is 15.8 Å². The van der Waals surface area contributed by atoms with Gasteiger partial charge in [-0.1, -0.05) is 11.6 Å². The molecular formula is C7H6ClNO2S. The van der Waals surface area contributed by atoms with E-state index in [1.807, 2.05) is 0 Å². The van der Waals surface area contributed by atoms with Crippen molar-refractivity contribution in [1.82, 2.24) is 4.72 Å². The highest BCUT2D eigenvalue weighted by Gasteiger charge is 2.00.